The SMILES string of the molecule is CC(=O)c1cccc(Nc2ccc(NC(=O)CCc3ccccc3)cc2)c1. The van der Waals surface area contributed by atoms with Crippen LogP contribution in [0.15, 0.2) is 78.9 Å². The summed E-state index contributed by atoms with van der Waals surface area (Å²) in [5.41, 5.74) is 4.32. The molecule has 0 fully saturated rings. The number of ketones is 1. The third-order valence-electron chi connectivity index (χ3n) is 4.21. The predicted molar refractivity (Wildman–Crippen MR) is 110 cm³/mol. The van der Waals surface area contributed by atoms with E-state index in [1.165, 1.54) is 0 Å². The molecular weight excluding hydrogens is 336 g/mol. The van der Waals surface area contributed by atoms with E-state index in [0.29, 0.717) is 12.0 Å². The topological polar surface area (TPSA) is 58.2 Å². The molecule has 136 valence electrons. The Hall–Kier alpha value is -3.40. The Morgan fingerprint density at radius 2 is 1.48 bits per heavy atom. The highest BCUT2D eigenvalue weighted by Crippen LogP contribution is 2.20. The van der Waals surface area contributed by atoms with Crippen molar-refractivity contribution in [2.45, 2.75) is 19.8 Å². The van der Waals surface area contributed by atoms with Crippen molar-refractivity contribution in [1.82, 2.24) is 0 Å². The van der Waals surface area contributed by atoms with Crippen LogP contribution in [0.25, 0.3) is 0 Å². The van der Waals surface area contributed by atoms with E-state index in [-0.39, 0.29) is 11.7 Å². The minimum Gasteiger partial charge on any atom is -0.356 e. The molecule has 0 spiro atoms. The number of nitrogens with one attached hydrogen (secondary N) is 2. The van der Waals surface area contributed by atoms with Crippen molar-refractivity contribution in [1.29, 1.82) is 0 Å². The lowest BCUT2D eigenvalue weighted by Crippen LogP contribution is -2.12. The van der Waals surface area contributed by atoms with Crippen molar-refractivity contribution >= 4 is 28.8 Å². The van der Waals surface area contributed by atoms with Gasteiger partial charge in [0.1, 0.15) is 0 Å². The fraction of sp³-hybridized carbons (Fsp3) is 0.130. The zero-order valence-electron chi connectivity index (χ0n) is 15.2. The first-order valence-electron chi connectivity index (χ1n) is 8.92. The van der Waals surface area contributed by atoms with Gasteiger partial charge in [0.2, 0.25) is 5.91 Å². The summed E-state index contributed by atoms with van der Waals surface area (Å²) in [6, 6.07) is 24.8. The third kappa shape index (κ3) is 5.54. The van der Waals surface area contributed by atoms with Gasteiger partial charge in [0.05, 0.1) is 0 Å². The van der Waals surface area contributed by atoms with E-state index in [1.807, 2.05) is 72.8 Å². The van der Waals surface area contributed by atoms with Crippen LogP contribution in [-0.2, 0) is 11.2 Å². The van der Waals surface area contributed by atoms with Crippen LogP contribution in [0.5, 0.6) is 0 Å². The molecule has 0 radical (unpaired) electrons. The molecule has 2 N–H and O–H groups in total. The molecule has 3 aromatic carbocycles. The van der Waals surface area contributed by atoms with Gasteiger partial charge in [-0.2, -0.15) is 0 Å². The van der Waals surface area contributed by atoms with Crippen LogP contribution in [0.3, 0.4) is 0 Å². The van der Waals surface area contributed by atoms with Gasteiger partial charge < -0.3 is 10.6 Å². The average Bonchev–Trinajstić information content (AvgIpc) is 2.69. The van der Waals surface area contributed by atoms with Gasteiger partial charge in [0.15, 0.2) is 5.78 Å². The minimum atomic E-state index is -0.00581. The van der Waals surface area contributed by atoms with Crippen LogP contribution in [0.1, 0.15) is 29.3 Å². The summed E-state index contributed by atoms with van der Waals surface area (Å²) in [5, 5.41) is 6.18. The largest absolute Gasteiger partial charge is 0.356 e. The lowest BCUT2D eigenvalue weighted by atomic mass is 10.1. The Balaban J connectivity index is 1.54. The van der Waals surface area contributed by atoms with E-state index < -0.39 is 0 Å². The molecule has 0 heterocycles. The fourth-order valence-electron chi connectivity index (χ4n) is 2.75. The van der Waals surface area contributed by atoms with E-state index in [9.17, 15) is 9.59 Å². The Labute approximate surface area is 159 Å². The normalized spacial score (nSPS) is 10.3. The van der Waals surface area contributed by atoms with Crippen molar-refractivity contribution < 1.29 is 9.59 Å². The van der Waals surface area contributed by atoms with Crippen LogP contribution in [-0.4, -0.2) is 11.7 Å². The highest BCUT2D eigenvalue weighted by molar-refractivity contribution is 5.95. The summed E-state index contributed by atoms with van der Waals surface area (Å²) in [6.07, 6.45) is 1.17. The highest BCUT2D eigenvalue weighted by Gasteiger charge is 2.04. The molecule has 27 heavy (non-hydrogen) atoms. The van der Waals surface area contributed by atoms with Crippen molar-refractivity contribution in [3.8, 4) is 0 Å². The van der Waals surface area contributed by atoms with Crippen molar-refractivity contribution in [2.24, 2.45) is 0 Å². The van der Waals surface area contributed by atoms with Crippen LogP contribution in [0.4, 0.5) is 17.1 Å². The second-order valence-electron chi connectivity index (χ2n) is 6.37. The van der Waals surface area contributed by atoms with Crippen molar-refractivity contribution in [2.75, 3.05) is 10.6 Å². The standard InChI is InChI=1S/C23H22N2O2/c1-17(26)19-8-5-9-22(16-19)24-20-11-13-21(14-12-20)25-23(27)15-10-18-6-3-2-4-7-18/h2-9,11-14,16,24H,10,15H2,1H3,(H,25,27). The van der Waals surface area contributed by atoms with Gasteiger partial charge in [-0.3, -0.25) is 9.59 Å². The summed E-state index contributed by atoms with van der Waals surface area (Å²) in [4.78, 5) is 23.6. The zero-order valence-corrected chi connectivity index (χ0v) is 15.2. The van der Waals surface area contributed by atoms with Gasteiger partial charge in [0, 0.05) is 29.0 Å². The monoisotopic (exact) mass is 358 g/mol. The number of carbonyl (C=O) groups is 2. The number of hydrogen-bond donors (Lipinski definition) is 2. The maximum atomic E-state index is 12.1. The molecule has 0 aromatic heterocycles. The Morgan fingerprint density at radius 3 is 2.19 bits per heavy atom. The molecule has 0 unspecified atom stereocenters. The molecule has 0 aliphatic rings. The Morgan fingerprint density at radius 1 is 0.778 bits per heavy atom. The Kier molecular flexibility index (Phi) is 6.00. The molecule has 0 bridgehead atoms. The molecule has 0 aliphatic carbocycles. The van der Waals surface area contributed by atoms with Gasteiger partial charge in [0.25, 0.3) is 0 Å². The second kappa shape index (κ2) is 8.81. The number of Topliss-reactive ketones (excluding diaryl/α,β-unsaturated/α-hetero) is 1. The lowest BCUT2D eigenvalue weighted by Gasteiger charge is -2.09. The summed E-state index contributed by atoms with van der Waals surface area (Å²) < 4.78 is 0. The third-order valence-corrected chi connectivity index (χ3v) is 4.21. The molecule has 0 atom stereocenters. The summed E-state index contributed by atoms with van der Waals surface area (Å²) >= 11 is 0. The van der Waals surface area contributed by atoms with Gasteiger partial charge in [-0.15, -0.1) is 0 Å². The van der Waals surface area contributed by atoms with Gasteiger partial charge in [-0.05, 0) is 55.3 Å². The number of aryl methyl sites for hydroxylation is 1. The predicted octanol–water partition coefficient (Wildman–Crippen LogP) is 5.20. The van der Waals surface area contributed by atoms with Gasteiger partial charge >= 0.3 is 0 Å². The van der Waals surface area contributed by atoms with E-state index in [0.717, 1.165) is 29.0 Å². The van der Waals surface area contributed by atoms with Crippen molar-refractivity contribution in [3.05, 3.63) is 90.0 Å². The lowest BCUT2D eigenvalue weighted by molar-refractivity contribution is -0.116. The molecule has 4 nitrogen and oxygen atoms in total. The van der Waals surface area contributed by atoms with Crippen molar-refractivity contribution in [3.63, 3.8) is 0 Å². The molecular formula is C23H22N2O2. The maximum absolute atomic E-state index is 12.1. The smallest absolute Gasteiger partial charge is 0.224 e. The fourth-order valence-corrected chi connectivity index (χ4v) is 2.75. The van der Waals surface area contributed by atoms with Crippen LogP contribution < -0.4 is 10.6 Å². The first-order valence-corrected chi connectivity index (χ1v) is 8.92. The maximum Gasteiger partial charge on any atom is 0.224 e. The quantitative estimate of drug-likeness (QED) is 0.570. The molecule has 0 saturated carbocycles. The number of rotatable bonds is 7. The summed E-state index contributed by atoms with van der Waals surface area (Å²) in [6.45, 7) is 1.55. The molecule has 3 aromatic rings. The zero-order chi connectivity index (χ0) is 19.1. The Bertz CT molecular complexity index is 919. The number of anilines is 3. The highest BCUT2D eigenvalue weighted by atomic mass is 16.1. The van der Waals surface area contributed by atoms with Crippen LogP contribution >= 0.6 is 0 Å². The summed E-state index contributed by atoms with van der Waals surface area (Å²) in [7, 11) is 0. The molecule has 1 amide bonds. The summed E-state index contributed by atoms with van der Waals surface area (Å²) in [5.74, 6) is 0.0286. The van der Waals surface area contributed by atoms with Gasteiger partial charge in [-0.25, -0.2) is 0 Å². The molecule has 0 aliphatic heterocycles. The molecule has 0 saturated heterocycles. The first kappa shape index (κ1) is 18.4. The van der Waals surface area contributed by atoms with E-state index in [2.05, 4.69) is 10.6 Å². The second-order valence-corrected chi connectivity index (χ2v) is 6.37. The average molecular weight is 358 g/mol. The van der Waals surface area contributed by atoms with E-state index >= 15 is 0 Å². The minimum absolute atomic E-state index is 0.00581. The number of benzene rings is 3. The number of amides is 1. The van der Waals surface area contributed by atoms with Crippen LogP contribution in [0, 0.1) is 0 Å². The molecule has 3 rings (SSSR count). The van der Waals surface area contributed by atoms with E-state index in [1.54, 1.807) is 13.0 Å². The first-order chi connectivity index (χ1) is 13.1. The van der Waals surface area contributed by atoms with Crippen LogP contribution in [0.2, 0.25) is 0 Å². The molecule has 4 heteroatoms. The van der Waals surface area contributed by atoms with Gasteiger partial charge in [-0.1, -0.05) is 42.5 Å². The number of carbonyl (C=O) groups excluding carboxylic acids is 2. The van der Waals surface area contributed by atoms with E-state index in [4.69, 9.17) is 0 Å². The number of hydrogen-bond acceptors (Lipinski definition) is 3.